The van der Waals surface area contributed by atoms with E-state index in [1.165, 1.54) is 19.3 Å². The average molecular weight is 659 g/mol. The highest BCUT2D eigenvalue weighted by atomic mass is 35.5. The van der Waals surface area contributed by atoms with Gasteiger partial charge in [0, 0.05) is 18.5 Å². The Kier molecular flexibility index (Phi) is 13.4. The fraction of sp³-hybridized carbons (Fsp3) is 0.405. The number of benzene rings is 3. The molecule has 9 nitrogen and oxygen atoms in total. The summed E-state index contributed by atoms with van der Waals surface area (Å²) >= 11 is 6.26. The van der Waals surface area contributed by atoms with Gasteiger partial charge in [0.05, 0.1) is 18.9 Å². The van der Waals surface area contributed by atoms with Crippen molar-refractivity contribution >= 4 is 11.6 Å². The largest absolute Gasteiger partial charge is 0.507 e. The number of rotatable bonds is 14. The van der Waals surface area contributed by atoms with E-state index < -0.39 is 0 Å². The number of hydrogen-bond donors (Lipinski definition) is 3. The Bertz CT molecular complexity index is 1700. The van der Waals surface area contributed by atoms with Crippen LogP contribution >= 0.6 is 11.6 Å². The number of phenols is 1. The van der Waals surface area contributed by atoms with E-state index >= 15 is 0 Å². The Labute approximate surface area is 283 Å². The molecule has 0 unspecified atom stereocenters. The Morgan fingerprint density at radius 1 is 0.894 bits per heavy atom. The topological polar surface area (TPSA) is 122 Å². The number of tetrazole rings is 1. The highest BCUT2D eigenvalue weighted by molar-refractivity contribution is 6.30. The quantitative estimate of drug-likeness (QED) is 0.102. The fourth-order valence-electron chi connectivity index (χ4n) is 5.44. The second kappa shape index (κ2) is 17.6. The molecule has 2 heterocycles. The molecule has 3 N–H and O–H groups in total. The minimum atomic E-state index is -0.131. The predicted molar refractivity (Wildman–Crippen MR) is 188 cm³/mol. The van der Waals surface area contributed by atoms with Crippen LogP contribution in [0.15, 0.2) is 54.6 Å². The molecule has 5 aromatic rings. The van der Waals surface area contributed by atoms with Crippen molar-refractivity contribution in [1.29, 1.82) is 0 Å². The molecular weight excluding hydrogens is 612 g/mol. The Balaban J connectivity index is 0.000000251. The van der Waals surface area contributed by atoms with Crippen molar-refractivity contribution in [2.75, 3.05) is 6.61 Å². The highest BCUT2D eigenvalue weighted by Gasteiger charge is 2.16. The zero-order valence-corrected chi connectivity index (χ0v) is 28.9. The molecule has 47 heavy (non-hydrogen) atoms. The van der Waals surface area contributed by atoms with Gasteiger partial charge in [0.1, 0.15) is 17.3 Å². The van der Waals surface area contributed by atoms with Gasteiger partial charge >= 0.3 is 0 Å². The molecule has 0 saturated heterocycles. The minimum absolute atomic E-state index is 0.131. The molecule has 0 atom stereocenters. The van der Waals surface area contributed by atoms with Crippen LogP contribution in [-0.2, 0) is 19.6 Å². The molecule has 0 bridgehead atoms. The van der Waals surface area contributed by atoms with Gasteiger partial charge < -0.3 is 19.5 Å². The van der Waals surface area contributed by atoms with Crippen LogP contribution in [0.4, 0.5) is 0 Å². The van der Waals surface area contributed by atoms with E-state index in [1.54, 1.807) is 0 Å². The number of unbranched alkanes of at least 4 members (excludes halogenated alkanes) is 4. The number of aryl methyl sites for hydroxylation is 2. The molecule has 0 aliphatic rings. The van der Waals surface area contributed by atoms with Crippen LogP contribution in [0.5, 0.6) is 11.5 Å². The molecule has 0 radical (unpaired) electrons. The van der Waals surface area contributed by atoms with Gasteiger partial charge in [-0.2, -0.15) is 5.21 Å². The summed E-state index contributed by atoms with van der Waals surface area (Å²) in [5.41, 5.74) is 7.65. The number of imidazole rings is 1. The Morgan fingerprint density at radius 3 is 2.28 bits per heavy atom. The van der Waals surface area contributed by atoms with Crippen molar-refractivity contribution in [3.8, 4) is 34.0 Å². The van der Waals surface area contributed by atoms with Gasteiger partial charge in [0.25, 0.3) is 0 Å². The summed E-state index contributed by atoms with van der Waals surface area (Å²) in [4.78, 5) is 4.47. The summed E-state index contributed by atoms with van der Waals surface area (Å²) in [5, 5.41) is 34.3. The number of aliphatic hydroxyl groups excluding tert-OH is 1. The van der Waals surface area contributed by atoms with Gasteiger partial charge in [-0.15, -0.1) is 10.2 Å². The highest BCUT2D eigenvalue weighted by Crippen LogP contribution is 2.32. The first-order valence-electron chi connectivity index (χ1n) is 16.5. The molecule has 0 spiro atoms. The lowest BCUT2D eigenvalue weighted by atomic mass is 9.98. The molecule has 0 aliphatic carbocycles. The van der Waals surface area contributed by atoms with Crippen LogP contribution in [0.1, 0.15) is 86.1 Å². The lowest BCUT2D eigenvalue weighted by molar-refractivity contribution is 0.271. The van der Waals surface area contributed by atoms with Crippen LogP contribution in [0.25, 0.3) is 22.5 Å². The maximum atomic E-state index is 9.80. The number of hydrogen-bond acceptors (Lipinski definition) is 7. The predicted octanol–water partition coefficient (Wildman–Crippen LogP) is 8.54. The van der Waals surface area contributed by atoms with E-state index in [0.717, 1.165) is 82.8 Å². The average Bonchev–Trinajstić information content (AvgIpc) is 3.73. The first kappa shape index (κ1) is 35.6. The van der Waals surface area contributed by atoms with Gasteiger partial charge in [0.15, 0.2) is 5.15 Å². The first-order chi connectivity index (χ1) is 22.8. The molecular formula is C37H47ClN6O3. The van der Waals surface area contributed by atoms with Gasteiger partial charge in [-0.25, -0.2) is 4.98 Å². The monoisotopic (exact) mass is 658 g/mol. The third-order valence-electron chi connectivity index (χ3n) is 8.39. The molecule has 0 fully saturated rings. The Hall–Kier alpha value is -4.21. The van der Waals surface area contributed by atoms with Gasteiger partial charge in [-0.3, -0.25) is 0 Å². The van der Waals surface area contributed by atoms with Crippen LogP contribution in [0.3, 0.4) is 0 Å². The maximum absolute atomic E-state index is 9.80. The number of ether oxygens (including phenoxy) is 1. The van der Waals surface area contributed by atoms with Crippen molar-refractivity contribution in [1.82, 2.24) is 30.2 Å². The smallest absolute Gasteiger partial charge is 0.205 e. The van der Waals surface area contributed by atoms with Crippen molar-refractivity contribution in [2.24, 2.45) is 0 Å². The van der Waals surface area contributed by atoms with Gasteiger partial charge in [0.2, 0.25) is 5.82 Å². The van der Waals surface area contributed by atoms with E-state index in [-0.39, 0.29) is 6.61 Å². The summed E-state index contributed by atoms with van der Waals surface area (Å²) in [6.07, 6.45) is 7.80. The van der Waals surface area contributed by atoms with Gasteiger partial charge in [-0.05, 0) is 78.3 Å². The fourth-order valence-corrected chi connectivity index (χ4v) is 5.70. The number of phenolic OH excluding ortho intramolecular Hbond substituents is 1. The maximum Gasteiger partial charge on any atom is 0.205 e. The zero-order valence-electron chi connectivity index (χ0n) is 28.2. The second-order valence-electron chi connectivity index (χ2n) is 11.8. The van der Waals surface area contributed by atoms with E-state index in [0.29, 0.717) is 29.0 Å². The molecule has 5 rings (SSSR count). The first-order valence-corrected chi connectivity index (χ1v) is 16.9. The number of aliphatic hydroxyl groups is 1. The molecule has 0 aliphatic heterocycles. The molecule has 2 aromatic heterocycles. The molecule has 0 amide bonds. The number of nitrogens with zero attached hydrogens (tertiary/aromatic N) is 5. The van der Waals surface area contributed by atoms with Crippen molar-refractivity contribution in [2.45, 2.75) is 92.7 Å². The molecule has 3 aromatic carbocycles. The van der Waals surface area contributed by atoms with Crippen molar-refractivity contribution < 1.29 is 14.9 Å². The number of aromatic hydroxyl groups is 1. The number of H-pyrrole nitrogens is 1. The summed E-state index contributed by atoms with van der Waals surface area (Å²) in [6, 6.07) is 18.2. The van der Waals surface area contributed by atoms with Crippen LogP contribution in [-0.4, -0.2) is 47.0 Å². The number of halogens is 1. The van der Waals surface area contributed by atoms with Crippen molar-refractivity contribution in [3.05, 3.63) is 93.5 Å². The number of nitrogens with one attached hydrogen (secondary N) is 1. The van der Waals surface area contributed by atoms with Crippen molar-refractivity contribution in [3.63, 3.8) is 0 Å². The SMILES string of the molecule is CCCCCCOc1cc(C)c(O)c(C)c1C.CCCCc1nc(Cl)c(CO)n1Cc1ccc(-c2ccccc2-c2nn[nH]n2)cc1. The van der Waals surface area contributed by atoms with E-state index in [9.17, 15) is 10.2 Å². The summed E-state index contributed by atoms with van der Waals surface area (Å²) < 4.78 is 7.82. The van der Waals surface area contributed by atoms with Crippen LogP contribution in [0, 0.1) is 20.8 Å². The summed E-state index contributed by atoms with van der Waals surface area (Å²) in [7, 11) is 0. The van der Waals surface area contributed by atoms with E-state index in [4.69, 9.17) is 16.3 Å². The normalized spacial score (nSPS) is 11.0. The zero-order chi connectivity index (χ0) is 33.8. The van der Waals surface area contributed by atoms with Crippen LogP contribution < -0.4 is 4.74 Å². The second-order valence-corrected chi connectivity index (χ2v) is 12.1. The molecule has 0 saturated carbocycles. The third kappa shape index (κ3) is 9.20. The third-order valence-corrected chi connectivity index (χ3v) is 8.69. The molecule has 250 valence electrons. The molecule has 10 heteroatoms. The standard InChI is InChI=1S/C22H23ClN6O.C15H24O2/c1-2-3-8-20-24-21(23)19(14-30)29(20)13-15-9-11-16(12-10-15)17-6-4-5-7-18(17)22-25-27-28-26-22;1-5-6-7-8-9-17-14-10-11(2)15(16)13(4)12(14)3/h4-7,9-12,30H,2-3,8,13-14H2,1H3,(H,25,26,27,28);10,16H,5-9H2,1-4H3. The van der Waals surface area contributed by atoms with E-state index in [1.807, 2.05) is 55.7 Å². The Morgan fingerprint density at radius 2 is 1.62 bits per heavy atom. The van der Waals surface area contributed by atoms with Gasteiger partial charge in [-0.1, -0.05) is 99.7 Å². The number of aromatic amines is 1. The lowest BCUT2D eigenvalue weighted by Crippen LogP contribution is -2.09. The minimum Gasteiger partial charge on any atom is -0.507 e. The van der Waals surface area contributed by atoms with E-state index in [2.05, 4.69) is 63.7 Å². The number of aromatic nitrogens is 6. The summed E-state index contributed by atoms with van der Waals surface area (Å²) in [5.74, 6) is 2.78. The van der Waals surface area contributed by atoms with Crippen LogP contribution in [0.2, 0.25) is 5.15 Å². The summed E-state index contributed by atoms with van der Waals surface area (Å²) in [6.45, 7) is 11.4. The lowest BCUT2D eigenvalue weighted by Gasteiger charge is -2.14.